The van der Waals surface area contributed by atoms with Gasteiger partial charge in [-0.2, -0.15) is 0 Å². The fourth-order valence-electron chi connectivity index (χ4n) is 1.84. The zero-order valence-corrected chi connectivity index (χ0v) is 12.0. The number of thiophene rings is 1. The summed E-state index contributed by atoms with van der Waals surface area (Å²) in [6, 6.07) is 8.49. The molecule has 0 fully saturated rings. The Kier molecular flexibility index (Phi) is 3.97. The molecule has 0 saturated carbocycles. The summed E-state index contributed by atoms with van der Waals surface area (Å²) in [5.41, 5.74) is 0.584. The van der Waals surface area contributed by atoms with Crippen LogP contribution >= 0.6 is 11.3 Å². The van der Waals surface area contributed by atoms with Crippen molar-refractivity contribution in [1.82, 2.24) is 10.5 Å². The van der Waals surface area contributed by atoms with E-state index in [9.17, 15) is 13.6 Å². The number of amides is 1. The van der Waals surface area contributed by atoms with Crippen LogP contribution in [-0.4, -0.2) is 11.1 Å². The van der Waals surface area contributed by atoms with Crippen molar-refractivity contribution in [3.8, 4) is 10.6 Å². The average molecular weight is 320 g/mol. The van der Waals surface area contributed by atoms with E-state index < -0.39 is 17.5 Å². The highest BCUT2D eigenvalue weighted by atomic mass is 32.1. The molecule has 7 heteroatoms. The van der Waals surface area contributed by atoms with Gasteiger partial charge < -0.3 is 9.84 Å². The van der Waals surface area contributed by atoms with Crippen LogP contribution in [0.15, 0.2) is 46.3 Å². The van der Waals surface area contributed by atoms with E-state index >= 15 is 0 Å². The van der Waals surface area contributed by atoms with Gasteiger partial charge in [-0.15, -0.1) is 11.3 Å². The van der Waals surface area contributed by atoms with Crippen LogP contribution in [0.2, 0.25) is 0 Å². The summed E-state index contributed by atoms with van der Waals surface area (Å²) in [6.07, 6.45) is 0. The molecule has 0 aliphatic rings. The number of aromatic nitrogens is 1. The standard InChI is InChI=1S/C15H10F2N2O2S/c16-11-4-3-9(6-12(11)17)15(20)18-8-10-7-13(21-19-10)14-2-1-5-22-14/h1-7H,8H2,(H,18,20). The highest BCUT2D eigenvalue weighted by Crippen LogP contribution is 2.25. The Balaban J connectivity index is 1.65. The summed E-state index contributed by atoms with van der Waals surface area (Å²) in [6.45, 7) is 0.132. The molecule has 1 aromatic carbocycles. The molecule has 0 radical (unpaired) electrons. The zero-order chi connectivity index (χ0) is 15.5. The maximum Gasteiger partial charge on any atom is 0.251 e. The number of nitrogens with one attached hydrogen (secondary N) is 1. The lowest BCUT2D eigenvalue weighted by atomic mass is 10.2. The van der Waals surface area contributed by atoms with Gasteiger partial charge in [-0.1, -0.05) is 11.2 Å². The molecule has 112 valence electrons. The second kappa shape index (κ2) is 6.07. The minimum Gasteiger partial charge on any atom is -0.355 e. The first-order valence-electron chi connectivity index (χ1n) is 6.36. The third-order valence-corrected chi connectivity index (χ3v) is 3.82. The summed E-state index contributed by atoms with van der Waals surface area (Å²) in [5.74, 6) is -1.95. The normalized spacial score (nSPS) is 10.6. The lowest BCUT2D eigenvalue weighted by Gasteiger charge is -2.03. The summed E-state index contributed by atoms with van der Waals surface area (Å²) in [7, 11) is 0. The van der Waals surface area contributed by atoms with Crippen LogP contribution in [0.1, 0.15) is 16.1 Å². The van der Waals surface area contributed by atoms with Crippen molar-refractivity contribution < 1.29 is 18.1 Å². The van der Waals surface area contributed by atoms with Crippen molar-refractivity contribution in [1.29, 1.82) is 0 Å². The minimum absolute atomic E-state index is 0.0425. The third kappa shape index (κ3) is 3.04. The number of hydrogen-bond donors (Lipinski definition) is 1. The smallest absolute Gasteiger partial charge is 0.251 e. The molecule has 0 aliphatic carbocycles. The van der Waals surface area contributed by atoms with Crippen LogP contribution in [0.3, 0.4) is 0 Å². The van der Waals surface area contributed by atoms with E-state index in [4.69, 9.17) is 4.52 Å². The first-order chi connectivity index (χ1) is 10.6. The SMILES string of the molecule is O=C(NCc1cc(-c2cccs2)on1)c1ccc(F)c(F)c1. The number of hydrogen-bond acceptors (Lipinski definition) is 4. The molecular formula is C15H10F2N2O2S. The first-order valence-corrected chi connectivity index (χ1v) is 7.24. The van der Waals surface area contributed by atoms with Crippen LogP contribution in [0, 0.1) is 11.6 Å². The molecule has 3 aromatic rings. The van der Waals surface area contributed by atoms with Crippen LogP contribution < -0.4 is 5.32 Å². The van der Waals surface area contributed by atoms with E-state index in [1.54, 1.807) is 6.07 Å². The predicted octanol–water partition coefficient (Wildman–Crippen LogP) is 3.61. The lowest BCUT2D eigenvalue weighted by Crippen LogP contribution is -2.23. The second-order valence-corrected chi connectivity index (χ2v) is 5.42. The molecule has 22 heavy (non-hydrogen) atoms. The molecule has 0 spiro atoms. The van der Waals surface area contributed by atoms with Crippen molar-refractivity contribution in [3.05, 3.63) is 64.7 Å². The Hall–Kier alpha value is -2.54. The van der Waals surface area contributed by atoms with E-state index in [0.717, 1.165) is 17.0 Å². The quantitative estimate of drug-likeness (QED) is 0.799. The molecule has 4 nitrogen and oxygen atoms in total. The fraction of sp³-hybridized carbons (Fsp3) is 0.0667. The summed E-state index contributed by atoms with van der Waals surface area (Å²) in [4.78, 5) is 12.8. The maximum absolute atomic E-state index is 13.1. The molecule has 0 bridgehead atoms. The lowest BCUT2D eigenvalue weighted by molar-refractivity contribution is 0.0949. The van der Waals surface area contributed by atoms with E-state index in [1.807, 2.05) is 17.5 Å². The highest BCUT2D eigenvalue weighted by molar-refractivity contribution is 7.13. The van der Waals surface area contributed by atoms with Crippen LogP contribution in [0.25, 0.3) is 10.6 Å². The van der Waals surface area contributed by atoms with Crippen LogP contribution in [0.4, 0.5) is 8.78 Å². The Labute approximate surface area is 128 Å². The number of rotatable bonds is 4. The fourth-order valence-corrected chi connectivity index (χ4v) is 2.51. The third-order valence-electron chi connectivity index (χ3n) is 2.93. The van der Waals surface area contributed by atoms with Crippen LogP contribution in [-0.2, 0) is 6.54 Å². The topological polar surface area (TPSA) is 55.1 Å². The van der Waals surface area contributed by atoms with Gasteiger partial charge in [0.05, 0.1) is 11.4 Å². The maximum atomic E-state index is 13.1. The molecule has 3 rings (SSSR count). The highest BCUT2D eigenvalue weighted by Gasteiger charge is 2.12. The average Bonchev–Trinajstić information content (AvgIpc) is 3.18. The molecule has 0 saturated heterocycles. The van der Waals surface area contributed by atoms with Gasteiger partial charge in [0.2, 0.25) is 0 Å². The van der Waals surface area contributed by atoms with E-state index in [-0.39, 0.29) is 12.1 Å². The minimum atomic E-state index is -1.06. The molecule has 0 aliphatic heterocycles. The van der Waals surface area contributed by atoms with Crippen molar-refractivity contribution in [3.63, 3.8) is 0 Å². The molecule has 2 heterocycles. The number of carbonyl (C=O) groups is 1. The predicted molar refractivity (Wildman–Crippen MR) is 77.3 cm³/mol. The Morgan fingerprint density at radius 3 is 2.82 bits per heavy atom. The Bertz CT molecular complexity index is 800. The summed E-state index contributed by atoms with van der Waals surface area (Å²) in [5, 5.41) is 8.34. The number of halogens is 2. The number of benzene rings is 1. The molecule has 2 aromatic heterocycles. The zero-order valence-electron chi connectivity index (χ0n) is 11.2. The van der Waals surface area contributed by atoms with Gasteiger partial charge in [-0.3, -0.25) is 4.79 Å². The molecule has 0 atom stereocenters. The van der Waals surface area contributed by atoms with Gasteiger partial charge in [0.1, 0.15) is 5.69 Å². The first kappa shape index (κ1) is 14.4. The van der Waals surface area contributed by atoms with Crippen molar-refractivity contribution >= 4 is 17.2 Å². The van der Waals surface area contributed by atoms with E-state index in [0.29, 0.717) is 11.5 Å². The molecular weight excluding hydrogens is 310 g/mol. The van der Waals surface area contributed by atoms with Gasteiger partial charge in [0, 0.05) is 11.6 Å². The number of carbonyl (C=O) groups excluding carboxylic acids is 1. The Morgan fingerprint density at radius 2 is 2.09 bits per heavy atom. The van der Waals surface area contributed by atoms with Gasteiger partial charge in [0.25, 0.3) is 5.91 Å². The molecule has 0 unspecified atom stereocenters. The summed E-state index contributed by atoms with van der Waals surface area (Å²) >= 11 is 1.52. The summed E-state index contributed by atoms with van der Waals surface area (Å²) < 4.78 is 31.1. The number of nitrogens with zero attached hydrogens (tertiary/aromatic N) is 1. The largest absolute Gasteiger partial charge is 0.355 e. The Morgan fingerprint density at radius 1 is 1.23 bits per heavy atom. The van der Waals surface area contributed by atoms with Gasteiger partial charge in [-0.05, 0) is 29.6 Å². The molecule has 1 N–H and O–H groups in total. The van der Waals surface area contributed by atoms with E-state index in [2.05, 4.69) is 10.5 Å². The van der Waals surface area contributed by atoms with Gasteiger partial charge in [0.15, 0.2) is 17.4 Å². The van der Waals surface area contributed by atoms with Crippen molar-refractivity contribution in [2.45, 2.75) is 6.54 Å². The van der Waals surface area contributed by atoms with Crippen LogP contribution in [0.5, 0.6) is 0 Å². The second-order valence-electron chi connectivity index (χ2n) is 4.47. The van der Waals surface area contributed by atoms with Gasteiger partial charge in [-0.25, -0.2) is 8.78 Å². The van der Waals surface area contributed by atoms with E-state index in [1.165, 1.54) is 17.4 Å². The van der Waals surface area contributed by atoms with Crippen molar-refractivity contribution in [2.24, 2.45) is 0 Å². The molecule has 1 amide bonds. The van der Waals surface area contributed by atoms with Gasteiger partial charge >= 0.3 is 0 Å². The monoisotopic (exact) mass is 320 g/mol. The van der Waals surface area contributed by atoms with Crippen molar-refractivity contribution in [2.75, 3.05) is 0 Å².